The fraction of sp³-hybridized carbons (Fsp3) is 0.455. The lowest BCUT2D eigenvalue weighted by molar-refractivity contribution is 0.155. The first-order valence-corrected chi connectivity index (χ1v) is 9.92. The topological polar surface area (TPSA) is 66.5 Å². The zero-order valence-electron chi connectivity index (χ0n) is 16.8. The molecule has 0 spiro atoms. The first-order chi connectivity index (χ1) is 13.6. The molecular formula is C22H30N4O2. The number of alkyl carbamates (subject to hydrolysis) is 1. The number of aromatic nitrogens is 1. The van der Waals surface area contributed by atoms with Gasteiger partial charge < -0.3 is 20.3 Å². The van der Waals surface area contributed by atoms with E-state index < -0.39 is 0 Å². The molecule has 1 amide bonds. The van der Waals surface area contributed by atoms with Crippen molar-refractivity contribution in [3.8, 4) is 0 Å². The van der Waals surface area contributed by atoms with Gasteiger partial charge in [0, 0.05) is 43.8 Å². The molecule has 1 aromatic carbocycles. The van der Waals surface area contributed by atoms with Crippen LogP contribution >= 0.6 is 0 Å². The van der Waals surface area contributed by atoms with Crippen LogP contribution < -0.4 is 15.5 Å². The van der Waals surface area contributed by atoms with Crippen molar-refractivity contribution in [1.82, 2.24) is 10.3 Å². The second-order valence-electron chi connectivity index (χ2n) is 7.57. The molecule has 0 unspecified atom stereocenters. The van der Waals surface area contributed by atoms with Gasteiger partial charge in [0.15, 0.2) is 0 Å². The molecule has 1 saturated carbocycles. The number of carbonyl (C=O) groups is 1. The molecule has 28 heavy (non-hydrogen) atoms. The average molecular weight is 383 g/mol. The SMILES string of the molecule is C=CCOC(=O)NCC1CCC(Nc2cc(N(C)C)c3ccccc3n2)CC1. The van der Waals surface area contributed by atoms with Crippen LogP contribution in [0.3, 0.4) is 0 Å². The number of ether oxygens (including phenoxy) is 1. The highest BCUT2D eigenvalue weighted by molar-refractivity contribution is 5.93. The number of rotatable bonds is 7. The van der Waals surface area contributed by atoms with Crippen molar-refractivity contribution in [3.05, 3.63) is 43.0 Å². The molecule has 1 aliphatic rings. The van der Waals surface area contributed by atoms with E-state index in [1.807, 2.05) is 12.1 Å². The quantitative estimate of drug-likeness (QED) is 0.703. The van der Waals surface area contributed by atoms with Crippen molar-refractivity contribution >= 4 is 28.5 Å². The summed E-state index contributed by atoms with van der Waals surface area (Å²) in [7, 11) is 4.12. The summed E-state index contributed by atoms with van der Waals surface area (Å²) < 4.78 is 4.96. The van der Waals surface area contributed by atoms with Gasteiger partial charge in [0.25, 0.3) is 0 Å². The average Bonchev–Trinajstić information content (AvgIpc) is 2.71. The van der Waals surface area contributed by atoms with E-state index in [1.54, 1.807) is 6.08 Å². The number of hydrogen-bond donors (Lipinski definition) is 2. The third kappa shape index (κ3) is 5.15. The van der Waals surface area contributed by atoms with Crippen LogP contribution in [0.25, 0.3) is 10.9 Å². The maximum Gasteiger partial charge on any atom is 0.407 e. The molecule has 2 N–H and O–H groups in total. The number of para-hydroxylation sites is 1. The van der Waals surface area contributed by atoms with Crippen LogP contribution in [-0.2, 0) is 4.74 Å². The van der Waals surface area contributed by atoms with E-state index in [1.165, 1.54) is 5.69 Å². The number of amides is 1. The molecule has 0 atom stereocenters. The van der Waals surface area contributed by atoms with Crippen LogP contribution in [0.4, 0.5) is 16.3 Å². The molecule has 150 valence electrons. The highest BCUT2D eigenvalue weighted by atomic mass is 16.5. The second-order valence-corrected chi connectivity index (χ2v) is 7.57. The van der Waals surface area contributed by atoms with E-state index in [4.69, 9.17) is 9.72 Å². The Kier molecular flexibility index (Phi) is 6.74. The number of nitrogens with one attached hydrogen (secondary N) is 2. The minimum Gasteiger partial charge on any atom is -0.445 e. The first-order valence-electron chi connectivity index (χ1n) is 9.92. The number of benzene rings is 1. The van der Waals surface area contributed by atoms with Crippen molar-refractivity contribution in [2.75, 3.05) is 37.5 Å². The smallest absolute Gasteiger partial charge is 0.407 e. The summed E-state index contributed by atoms with van der Waals surface area (Å²) in [6, 6.07) is 10.8. The van der Waals surface area contributed by atoms with Crippen molar-refractivity contribution in [2.45, 2.75) is 31.7 Å². The third-order valence-electron chi connectivity index (χ3n) is 5.24. The summed E-state index contributed by atoms with van der Waals surface area (Å²) in [4.78, 5) is 18.5. The lowest BCUT2D eigenvalue weighted by Gasteiger charge is -2.30. The highest BCUT2D eigenvalue weighted by Crippen LogP contribution is 2.30. The molecule has 1 fully saturated rings. The summed E-state index contributed by atoms with van der Waals surface area (Å²) >= 11 is 0. The van der Waals surface area contributed by atoms with Crippen molar-refractivity contribution < 1.29 is 9.53 Å². The van der Waals surface area contributed by atoms with E-state index in [9.17, 15) is 4.79 Å². The maximum absolute atomic E-state index is 11.5. The molecule has 6 heteroatoms. The zero-order chi connectivity index (χ0) is 19.9. The Balaban J connectivity index is 1.55. The van der Waals surface area contributed by atoms with Crippen molar-refractivity contribution in [1.29, 1.82) is 0 Å². The Labute approximate surface area is 167 Å². The van der Waals surface area contributed by atoms with E-state index in [0.29, 0.717) is 18.5 Å². The fourth-order valence-electron chi connectivity index (χ4n) is 3.73. The molecule has 3 rings (SSSR count). The van der Waals surface area contributed by atoms with Crippen molar-refractivity contribution in [3.63, 3.8) is 0 Å². The van der Waals surface area contributed by atoms with Gasteiger partial charge in [-0.25, -0.2) is 9.78 Å². The molecule has 0 radical (unpaired) electrons. The summed E-state index contributed by atoms with van der Waals surface area (Å²) in [6.07, 6.45) is 5.50. The summed E-state index contributed by atoms with van der Waals surface area (Å²) in [5, 5.41) is 7.63. The monoisotopic (exact) mass is 382 g/mol. The normalized spacial score (nSPS) is 19.1. The van der Waals surface area contributed by atoms with Crippen LogP contribution in [-0.4, -0.2) is 44.4 Å². The van der Waals surface area contributed by atoms with Gasteiger partial charge in [-0.2, -0.15) is 0 Å². The fourth-order valence-corrected chi connectivity index (χ4v) is 3.73. The molecule has 0 bridgehead atoms. The Bertz CT molecular complexity index is 813. The number of pyridine rings is 1. The van der Waals surface area contributed by atoms with Gasteiger partial charge >= 0.3 is 6.09 Å². The minimum absolute atomic E-state index is 0.246. The van der Waals surface area contributed by atoms with Crippen LogP contribution in [0, 0.1) is 5.92 Å². The van der Waals surface area contributed by atoms with E-state index in [-0.39, 0.29) is 12.7 Å². The number of hydrogen-bond acceptors (Lipinski definition) is 5. The molecule has 1 aliphatic carbocycles. The van der Waals surface area contributed by atoms with Gasteiger partial charge in [0.2, 0.25) is 0 Å². The third-order valence-corrected chi connectivity index (χ3v) is 5.24. The lowest BCUT2D eigenvalue weighted by Crippen LogP contribution is -2.34. The molecule has 2 aromatic rings. The zero-order valence-corrected chi connectivity index (χ0v) is 16.8. The Hall–Kier alpha value is -2.76. The largest absolute Gasteiger partial charge is 0.445 e. The van der Waals surface area contributed by atoms with Crippen LogP contribution in [0.1, 0.15) is 25.7 Å². The van der Waals surface area contributed by atoms with E-state index >= 15 is 0 Å². The van der Waals surface area contributed by atoms with Crippen LogP contribution in [0.5, 0.6) is 0 Å². The summed E-state index contributed by atoms with van der Waals surface area (Å²) in [5.41, 5.74) is 2.18. The van der Waals surface area contributed by atoms with Crippen LogP contribution in [0.2, 0.25) is 0 Å². The molecular weight excluding hydrogens is 352 g/mol. The maximum atomic E-state index is 11.5. The first kappa shape index (κ1) is 20.0. The number of nitrogens with zero attached hydrogens (tertiary/aromatic N) is 2. The van der Waals surface area contributed by atoms with Gasteiger partial charge in [-0.05, 0) is 37.7 Å². The summed E-state index contributed by atoms with van der Waals surface area (Å²) in [5.74, 6) is 1.42. The Morgan fingerprint density at radius 3 is 2.75 bits per heavy atom. The number of fused-ring (bicyclic) bond motifs is 1. The minimum atomic E-state index is -0.364. The predicted octanol–water partition coefficient (Wildman–Crippen LogP) is 4.18. The number of carbonyl (C=O) groups excluding carboxylic acids is 1. The van der Waals surface area contributed by atoms with Gasteiger partial charge in [0.05, 0.1) is 5.52 Å². The summed E-state index contributed by atoms with van der Waals surface area (Å²) in [6.45, 7) is 4.45. The molecule has 0 saturated heterocycles. The van der Waals surface area contributed by atoms with Crippen LogP contribution in [0.15, 0.2) is 43.0 Å². The molecule has 0 aliphatic heterocycles. The van der Waals surface area contributed by atoms with E-state index in [0.717, 1.165) is 42.4 Å². The highest BCUT2D eigenvalue weighted by Gasteiger charge is 2.22. The second kappa shape index (κ2) is 9.44. The molecule has 6 nitrogen and oxygen atoms in total. The van der Waals surface area contributed by atoms with Crippen molar-refractivity contribution in [2.24, 2.45) is 5.92 Å². The van der Waals surface area contributed by atoms with E-state index in [2.05, 4.69) is 54.4 Å². The Morgan fingerprint density at radius 1 is 1.29 bits per heavy atom. The van der Waals surface area contributed by atoms with Gasteiger partial charge in [-0.1, -0.05) is 30.9 Å². The molecule has 1 heterocycles. The lowest BCUT2D eigenvalue weighted by atomic mass is 9.86. The predicted molar refractivity (Wildman–Crippen MR) is 115 cm³/mol. The van der Waals surface area contributed by atoms with Gasteiger partial charge in [-0.3, -0.25) is 0 Å². The molecule has 1 aromatic heterocycles. The number of anilines is 2. The Morgan fingerprint density at radius 2 is 2.04 bits per heavy atom. The standard InChI is InChI=1S/C22H30N4O2/c1-4-13-28-22(27)23-15-16-9-11-17(12-10-16)24-21-14-20(26(2)3)18-7-5-6-8-19(18)25-21/h4-8,14,16-17H,1,9-13,15H2,2-3H3,(H,23,27)(H,24,25). The van der Waals surface area contributed by atoms with Gasteiger partial charge in [-0.15, -0.1) is 0 Å². The van der Waals surface area contributed by atoms with Gasteiger partial charge in [0.1, 0.15) is 12.4 Å².